The molecule has 1 aliphatic rings. The van der Waals surface area contributed by atoms with Gasteiger partial charge in [0.05, 0.1) is 6.04 Å². The van der Waals surface area contributed by atoms with Gasteiger partial charge < -0.3 is 19.4 Å². The second-order valence-electron chi connectivity index (χ2n) is 10.7. The van der Waals surface area contributed by atoms with Crippen molar-refractivity contribution in [3.05, 3.63) is 89.4 Å². The number of carbonyl (C=O) groups excluding carboxylic acids is 1. The number of carbonyl (C=O) groups is 1. The topological polar surface area (TPSA) is 67.6 Å². The van der Waals surface area contributed by atoms with Gasteiger partial charge in [0.1, 0.15) is 23.7 Å². The van der Waals surface area contributed by atoms with Crippen molar-refractivity contribution in [2.45, 2.75) is 65.0 Å². The molecule has 1 atom stereocenters. The lowest BCUT2D eigenvalue weighted by molar-refractivity contribution is 0.0795. The summed E-state index contributed by atoms with van der Waals surface area (Å²) in [6.45, 7) is 5.46. The first-order valence-electron chi connectivity index (χ1n) is 14.2. The molecule has 5 rings (SSSR count). The Labute approximate surface area is 231 Å². The zero-order valence-corrected chi connectivity index (χ0v) is 23.3. The fraction of sp³-hybridized carbons (Fsp3) is 0.394. The van der Waals surface area contributed by atoms with Crippen molar-refractivity contribution < 1.29 is 13.9 Å². The Morgan fingerprint density at radius 1 is 1.13 bits per heavy atom. The minimum absolute atomic E-state index is 0.0572. The Kier molecular flexibility index (Phi) is 8.50. The third-order valence-electron chi connectivity index (χ3n) is 7.84. The van der Waals surface area contributed by atoms with Crippen molar-refractivity contribution in [3.63, 3.8) is 0 Å². The Morgan fingerprint density at radius 2 is 1.92 bits per heavy atom. The second-order valence-corrected chi connectivity index (χ2v) is 10.7. The van der Waals surface area contributed by atoms with Crippen LogP contribution in [0.15, 0.2) is 71.4 Å². The van der Waals surface area contributed by atoms with Crippen LogP contribution in [-0.4, -0.2) is 29.4 Å². The van der Waals surface area contributed by atoms with Crippen LogP contribution < -0.4 is 10.1 Å². The van der Waals surface area contributed by atoms with Crippen molar-refractivity contribution in [1.82, 2.24) is 9.88 Å². The first-order valence-corrected chi connectivity index (χ1v) is 14.2. The van der Waals surface area contributed by atoms with E-state index in [0.717, 1.165) is 52.3 Å². The molecule has 1 fully saturated rings. The zero-order chi connectivity index (χ0) is 27.2. The van der Waals surface area contributed by atoms with Gasteiger partial charge in [0, 0.05) is 53.8 Å². The molecule has 6 nitrogen and oxygen atoms in total. The molecule has 0 aliphatic heterocycles. The maximum atomic E-state index is 12.7. The standard InChI is InChI=1S/C33H39N3O3/c1-4-19-36(3)33(37)26-12-14-27(15-13-26)35-31(25-10-6-5-7-11-25)32-23(2)29-20-28(16-17-30(29)39-32)38-22-24-9-8-18-34-21-24/h8-9,12-18,20-21,25,31,35H,4-7,10-11,19,22H2,1-3H3. The van der Waals surface area contributed by atoms with Crippen LogP contribution in [0.1, 0.15) is 78.7 Å². The first kappa shape index (κ1) is 26.8. The highest BCUT2D eigenvalue weighted by Crippen LogP contribution is 2.41. The molecule has 0 saturated heterocycles. The fourth-order valence-electron chi connectivity index (χ4n) is 5.67. The lowest BCUT2D eigenvalue weighted by atomic mass is 9.82. The van der Waals surface area contributed by atoms with Gasteiger partial charge in [-0.05, 0) is 80.6 Å². The number of fused-ring (bicyclic) bond motifs is 1. The van der Waals surface area contributed by atoms with Gasteiger partial charge in [0.25, 0.3) is 5.91 Å². The average molecular weight is 526 g/mol. The second kappa shape index (κ2) is 12.4. The minimum atomic E-state index is 0.0572. The number of aryl methyl sites for hydroxylation is 1. The van der Waals surface area contributed by atoms with E-state index in [-0.39, 0.29) is 11.9 Å². The fourth-order valence-corrected chi connectivity index (χ4v) is 5.67. The van der Waals surface area contributed by atoms with Crippen molar-refractivity contribution >= 4 is 22.6 Å². The summed E-state index contributed by atoms with van der Waals surface area (Å²) in [5, 5.41) is 4.87. The highest BCUT2D eigenvalue weighted by atomic mass is 16.5. The van der Waals surface area contributed by atoms with Gasteiger partial charge in [-0.15, -0.1) is 0 Å². The van der Waals surface area contributed by atoms with Gasteiger partial charge in [-0.25, -0.2) is 0 Å². The summed E-state index contributed by atoms with van der Waals surface area (Å²) in [7, 11) is 1.86. The largest absolute Gasteiger partial charge is 0.489 e. The average Bonchev–Trinajstić information content (AvgIpc) is 3.31. The normalized spacial score (nSPS) is 14.7. The van der Waals surface area contributed by atoms with E-state index in [9.17, 15) is 4.79 Å². The van der Waals surface area contributed by atoms with Crippen LogP contribution >= 0.6 is 0 Å². The number of furan rings is 1. The van der Waals surface area contributed by atoms with Crippen molar-refractivity contribution in [2.24, 2.45) is 5.92 Å². The maximum absolute atomic E-state index is 12.7. The number of nitrogens with zero attached hydrogens (tertiary/aromatic N) is 2. The molecule has 0 bridgehead atoms. The number of aromatic nitrogens is 1. The number of hydrogen-bond acceptors (Lipinski definition) is 5. The first-order chi connectivity index (χ1) is 19.0. The van der Waals surface area contributed by atoms with E-state index in [4.69, 9.17) is 9.15 Å². The Balaban J connectivity index is 1.39. The van der Waals surface area contributed by atoms with Crippen molar-refractivity contribution in [1.29, 1.82) is 0 Å². The van der Waals surface area contributed by atoms with Crippen LogP contribution in [0.4, 0.5) is 5.69 Å². The number of pyridine rings is 1. The van der Waals surface area contributed by atoms with Gasteiger partial charge in [-0.3, -0.25) is 9.78 Å². The van der Waals surface area contributed by atoms with Crippen molar-refractivity contribution in [2.75, 3.05) is 18.9 Å². The quantitative estimate of drug-likeness (QED) is 0.228. The summed E-state index contributed by atoms with van der Waals surface area (Å²) < 4.78 is 12.6. The molecular weight excluding hydrogens is 486 g/mol. The lowest BCUT2D eigenvalue weighted by Crippen LogP contribution is -2.27. The number of hydrogen-bond donors (Lipinski definition) is 1. The van der Waals surface area contributed by atoms with Gasteiger partial charge in [-0.1, -0.05) is 32.3 Å². The number of ether oxygens (including phenoxy) is 1. The predicted octanol–water partition coefficient (Wildman–Crippen LogP) is 7.93. The molecule has 2 aromatic heterocycles. The van der Waals surface area contributed by atoms with Crippen LogP contribution in [0.3, 0.4) is 0 Å². The summed E-state index contributed by atoms with van der Waals surface area (Å²) in [4.78, 5) is 18.7. The van der Waals surface area contributed by atoms with Crippen LogP contribution in [0.2, 0.25) is 0 Å². The number of rotatable bonds is 10. The third kappa shape index (κ3) is 6.27. The molecule has 6 heteroatoms. The third-order valence-corrected chi connectivity index (χ3v) is 7.84. The van der Waals surface area contributed by atoms with Gasteiger partial charge in [0.15, 0.2) is 0 Å². The molecule has 1 aliphatic carbocycles. The van der Waals surface area contributed by atoms with E-state index in [1.807, 2.05) is 61.8 Å². The molecule has 4 aromatic rings. The molecule has 1 unspecified atom stereocenters. The molecule has 2 heterocycles. The van der Waals surface area contributed by atoms with Crippen LogP contribution in [0.25, 0.3) is 11.0 Å². The van der Waals surface area contributed by atoms with Crippen molar-refractivity contribution in [3.8, 4) is 5.75 Å². The Hall–Kier alpha value is -3.80. The molecule has 204 valence electrons. The molecule has 1 amide bonds. The van der Waals surface area contributed by atoms with E-state index in [1.165, 1.54) is 32.1 Å². The van der Waals surface area contributed by atoms with E-state index in [2.05, 4.69) is 30.2 Å². The van der Waals surface area contributed by atoms with Gasteiger partial charge in [-0.2, -0.15) is 0 Å². The van der Waals surface area contributed by atoms with E-state index in [0.29, 0.717) is 18.1 Å². The summed E-state index contributed by atoms with van der Waals surface area (Å²) >= 11 is 0. The summed E-state index contributed by atoms with van der Waals surface area (Å²) in [5.74, 6) is 2.35. The molecule has 1 saturated carbocycles. The summed E-state index contributed by atoms with van der Waals surface area (Å²) in [6, 6.07) is 17.9. The van der Waals surface area contributed by atoms with Crippen LogP contribution in [0, 0.1) is 12.8 Å². The molecule has 0 spiro atoms. The zero-order valence-electron chi connectivity index (χ0n) is 23.3. The van der Waals surface area contributed by atoms with Crippen LogP contribution in [0.5, 0.6) is 5.75 Å². The van der Waals surface area contributed by atoms with E-state index >= 15 is 0 Å². The number of anilines is 1. The predicted molar refractivity (Wildman–Crippen MR) is 156 cm³/mol. The molecule has 39 heavy (non-hydrogen) atoms. The highest BCUT2D eigenvalue weighted by Gasteiger charge is 2.30. The number of nitrogens with one attached hydrogen (secondary N) is 1. The molecular formula is C33H39N3O3. The lowest BCUT2D eigenvalue weighted by Gasteiger charge is -2.31. The smallest absolute Gasteiger partial charge is 0.253 e. The maximum Gasteiger partial charge on any atom is 0.253 e. The minimum Gasteiger partial charge on any atom is -0.489 e. The van der Waals surface area contributed by atoms with Gasteiger partial charge >= 0.3 is 0 Å². The number of amides is 1. The monoisotopic (exact) mass is 525 g/mol. The van der Waals surface area contributed by atoms with E-state index in [1.54, 1.807) is 11.1 Å². The Morgan fingerprint density at radius 3 is 2.64 bits per heavy atom. The Bertz CT molecular complexity index is 1370. The number of benzene rings is 2. The van der Waals surface area contributed by atoms with Crippen LogP contribution in [-0.2, 0) is 6.61 Å². The molecule has 0 radical (unpaired) electrons. The molecule has 1 N–H and O–H groups in total. The summed E-state index contributed by atoms with van der Waals surface area (Å²) in [5.41, 5.74) is 4.77. The molecule has 2 aromatic carbocycles. The summed E-state index contributed by atoms with van der Waals surface area (Å²) in [6.07, 6.45) is 10.7. The van der Waals surface area contributed by atoms with Gasteiger partial charge in [0.2, 0.25) is 0 Å². The SMILES string of the molecule is CCCN(C)C(=O)c1ccc(NC(c2oc3ccc(OCc4cccnc4)cc3c2C)C2CCCCC2)cc1. The highest BCUT2D eigenvalue weighted by molar-refractivity contribution is 5.94. The van der Waals surface area contributed by atoms with E-state index < -0.39 is 0 Å².